The number of carbonyl (C=O) groups is 1. The van der Waals surface area contributed by atoms with Gasteiger partial charge in [-0.1, -0.05) is 12.1 Å². The highest BCUT2D eigenvalue weighted by Crippen LogP contribution is 2.37. The van der Waals surface area contributed by atoms with E-state index in [2.05, 4.69) is 21.5 Å². The van der Waals surface area contributed by atoms with Crippen molar-refractivity contribution in [3.05, 3.63) is 59.8 Å². The molecule has 1 aliphatic rings. The quantitative estimate of drug-likeness (QED) is 0.490. The number of aromatic carboxylic acids is 1. The van der Waals surface area contributed by atoms with Crippen LogP contribution < -0.4 is 14.8 Å². The van der Waals surface area contributed by atoms with Gasteiger partial charge in [-0.3, -0.25) is 5.10 Å². The molecule has 9 nitrogen and oxygen atoms in total. The zero-order chi connectivity index (χ0) is 20.0. The molecular formula is C20H13N5O4. The van der Waals surface area contributed by atoms with Gasteiger partial charge in [0.05, 0.1) is 5.56 Å². The Labute approximate surface area is 163 Å². The SMILES string of the molecule is N#Cc1c[nH]n2c(Nc3ccc4c(c3)OCO4)c(-c3ccc(C(=O)O)cc3)nc12. The minimum absolute atomic E-state index is 0.180. The first-order valence-electron chi connectivity index (χ1n) is 8.64. The van der Waals surface area contributed by atoms with Crippen LogP contribution >= 0.6 is 0 Å². The molecule has 3 N–H and O–H groups in total. The Morgan fingerprint density at radius 2 is 2.00 bits per heavy atom. The molecule has 0 saturated carbocycles. The largest absolute Gasteiger partial charge is 0.478 e. The van der Waals surface area contributed by atoms with E-state index < -0.39 is 5.97 Å². The second kappa shape index (κ2) is 6.31. The van der Waals surface area contributed by atoms with Gasteiger partial charge in [0.25, 0.3) is 0 Å². The minimum Gasteiger partial charge on any atom is -0.478 e. The number of hydrogen-bond donors (Lipinski definition) is 3. The maximum atomic E-state index is 11.1. The lowest BCUT2D eigenvalue weighted by Crippen LogP contribution is -1.98. The number of ether oxygens (including phenoxy) is 2. The van der Waals surface area contributed by atoms with Crippen LogP contribution in [0.25, 0.3) is 16.9 Å². The molecule has 142 valence electrons. The summed E-state index contributed by atoms with van der Waals surface area (Å²) in [5, 5.41) is 24.8. The third-order valence-corrected chi connectivity index (χ3v) is 4.62. The van der Waals surface area contributed by atoms with E-state index in [-0.39, 0.29) is 12.4 Å². The summed E-state index contributed by atoms with van der Waals surface area (Å²) in [7, 11) is 0. The van der Waals surface area contributed by atoms with Gasteiger partial charge < -0.3 is 19.9 Å². The fourth-order valence-electron chi connectivity index (χ4n) is 3.20. The zero-order valence-corrected chi connectivity index (χ0v) is 14.8. The highest BCUT2D eigenvalue weighted by Gasteiger charge is 2.20. The number of rotatable bonds is 4. The fraction of sp³-hybridized carbons (Fsp3) is 0.0500. The second-order valence-corrected chi connectivity index (χ2v) is 6.34. The Hall–Kier alpha value is -4.45. The van der Waals surface area contributed by atoms with Crippen LogP contribution in [0.5, 0.6) is 11.5 Å². The maximum Gasteiger partial charge on any atom is 0.335 e. The van der Waals surface area contributed by atoms with Crippen molar-refractivity contribution >= 4 is 23.1 Å². The highest BCUT2D eigenvalue weighted by atomic mass is 16.7. The Morgan fingerprint density at radius 3 is 2.76 bits per heavy atom. The van der Waals surface area contributed by atoms with Crippen molar-refractivity contribution in [2.75, 3.05) is 12.1 Å². The van der Waals surface area contributed by atoms with E-state index in [0.29, 0.717) is 39.8 Å². The van der Waals surface area contributed by atoms with Crippen LogP contribution in [-0.4, -0.2) is 32.5 Å². The number of nitriles is 1. The predicted octanol–water partition coefficient (Wildman–Crippen LogP) is 3.37. The van der Waals surface area contributed by atoms with E-state index in [1.165, 1.54) is 12.1 Å². The molecule has 0 saturated heterocycles. The molecule has 0 spiro atoms. The molecule has 4 aromatic rings. The third kappa shape index (κ3) is 2.71. The molecule has 1 aliphatic heterocycles. The summed E-state index contributed by atoms with van der Waals surface area (Å²) in [4.78, 5) is 15.7. The number of fused-ring (bicyclic) bond motifs is 2. The summed E-state index contributed by atoms with van der Waals surface area (Å²) in [6.45, 7) is 0.180. The van der Waals surface area contributed by atoms with Crippen LogP contribution in [0.3, 0.4) is 0 Å². The van der Waals surface area contributed by atoms with Crippen molar-refractivity contribution in [1.29, 1.82) is 5.26 Å². The first-order chi connectivity index (χ1) is 14.1. The second-order valence-electron chi connectivity index (χ2n) is 6.34. The summed E-state index contributed by atoms with van der Waals surface area (Å²) in [6.07, 6.45) is 1.57. The summed E-state index contributed by atoms with van der Waals surface area (Å²) >= 11 is 0. The first-order valence-corrected chi connectivity index (χ1v) is 8.64. The van der Waals surface area contributed by atoms with Crippen LogP contribution in [0.1, 0.15) is 15.9 Å². The number of H-pyrrole nitrogens is 1. The van der Waals surface area contributed by atoms with Gasteiger partial charge in [0.15, 0.2) is 23.0 Å². The first kappa shape index (κ1) is 16.7. The Kier molecular flexibility index (Phi) is 3.64. The minimum atomic E-state index is -1.00. The van der Waals surface area contributed by atoms with Crippen LogP contribution in [0.15, 0.2) is 48.7 Å². The highest BCUT2D eigenvalue weighted by molar-refractivity contribution is 5.89. The van der Waals surface area contributed by atoms with Gasteiger partial charge in [-0.05, 0) is 24.3 Å². The van der Waals surface area contributed by atoms with Crippen LogP contribution in [-0.2, 0) is 0 Å². The normalized spacial score (nSPS) is 12.1. The number of imidazole rings is 1. The number of benzene rings is 2. The van der Waals surface area contributed by atoms with Gasteiger partial charge in [-0.25, -0.2) is 14.3 Å². The fourth-order valence-corrected chi connectivity index (χ4v) is 3.20. The van der Waals surface area contributed by atoms with Gasteiger partial charge >= 0.3 is 5.97 Å². The van der Waals surface area contributed by atoms with Crippen LogP contribution in [0.2, 0.25) is 0 Å². The van der Waals surface area contributed by atoms with Gasteiger partial charge in [0, 0.05) is 23.5 Å². The van der Waals surface area contributed by atoms with E-state index in [1.54, 1.807) is 28.9 Å². The molecule has 0 radical (unpaired) electrons. The molecular weight excluding hydrogens is 374 g/mol. The summed E-state index contributed by atoms with van der Waals surface area (Å²) in [5.41, 5.74) is 3.07. The zero-order valence-electron chi connectivity index (χ0n) is 14.8. The number of hydrogen-bond acceptors (Lipinski definition) is 6. The van der Waals surface area contributed by atoms with Gasteiger partial charge in [0.1, 0.15) is 17.3 Å². The van der Waals surface area contributed by atoms with Crippen LogP contribution in [0, 0.1) is 11.3 Å². The van der Waals surface area contributed by atoms with E-state index in [4.69, 9.17) is 14.6 Å². The van der Waals surface area contributed by atoms with E-state index in [9.17, 15) is 10.1 Å². The summed E-state index contributed by atoms with van der Waals surface area (Å²) in [5.74, 6) is 0.903. The number of anilines is 2. The average molecular weight is 387 g/mol. The van der Waals surface area contributed by atoms with E-state index in [1.807, 2.05) is 12.1 Å². The molecule has 5 rings (SSSR count). The number of carboxylic acid groups (broad SMARTS) is 1. The van der Waals surface area contributed by atoms with E-state index in [0.717, 1.165) is 5.69 Å². The molecule has 0 fully saturated rings. The van der Waals surface area contributed by atoms with E-state index >= 15 is 0 Å². The number of carboxylic acids is 1. The average Bonchev–Trinajstić information content (AvgIpc) is 3.43. The summed E-state index contributed by atoms with van der Waals surface area (Å²) in [6, 6.07) is 14.0. The molecule has 3 heterocycles. The predicted molar refractivity (Wildman–Crippen MR) is 103 cm³/mol. The standard InChI is InChI=1S/C20H13N5O4/c21-8-13-9-22-25-18(13)24-17(11-1-3-12(4-2-11)20(26)27)19(25)23-14-5-6-15-16(7-14)29-10-28-15/h1-7,9,22-23H,10H2,(H,26,27). The summed E-state index contributed by atoms with van der Waals surface area (Å²) < 4.78 is 12.4. The van der Waals surface area contributed by atoms with Crippen molar-refractivity contribution in [3.63, 3.8) is 0 Å². The van der Waals surface area contributed by atoms with Gasteiger partial charge in [-0.15, -0.1) is 0 Å². The number of nitrogens with zero attached hydrogens (tertiary/aromatic N) is 3. The van der Waals surface area contributed by atoms with Crippen molar-refractivity contribution in [2.45, 2.75) is 0 Å². The Balaban J connectivity index is 1.62. The maximum absolute atomic E-state index is 11.1. The van der Waals surface area contributed by atoms with Crippen molar-refractivity contribution < 1.29 is 19.4 Å². The van der Waals surface area contributed by atoms with Gasteiger partial charge in [0.2, 0.25) is 6.79 Å². The third-order valence-electron chi connectivity index (χ3n) is 4.62. The molecule has 0 atom stereocenters. The molecule has 0 aliphatic carbocycles. The molecule has 0 bridgehead atoms. The van der Waals surface area contributed by atoms with Crippen LogP contribution in [0.4, 0.5) is 11.5 Å². The number of aromatic amines is 1. The Bertz CT molecular complexity index is 1300. The lowest BCUT2D eigenvalue weighted by Gasteiger charge is -2.09. The van der Waals surface area contributed by atoms with Gasteiger partial charge in [-0.2, -0.15) is 5.26 Å². The lowest BCUT2D eigenvalue weighted by atomic mass is 10.1. The molecule has 29 heavy (non-hydrogen) atoms. The number of nitrogens with one attached hydrogen (secondary N) is 2. The molecule has 0 unspecified atom stereocenters. The molecule has 0 amide bonds. The smallest absolute Gasteiger partial charge is 0.335 e. The monoisotopic (exact) mass is 387 g/mol. The topological polar surface area (TPSA) is 125 Å². The van der Waals surface area contributed by atoms with Crippen molar-refractivity contribution in [2.24, 2.45) is 0 Å². The lowest BCUT2D eigenvalue weighted by molar-refractivity contribution is 0.0697. The molecule has 9 heteroatoms. The Morgan fingerprint density at radius 1 is 1.21 bits per heavy atom. The molecule has 2 aromatic heterocycles. The van der Waals surface area contributed by atoms with Crippen molar-refractivity contribution in [3.8, 4) is 28.8 Å². The number of aromatic nitrogens is 3. The van der Waals surface area contributed by atoms with Crippen molar-refractivity contribution in [1.82, 2.24) is 14.6 Å². The molecule has 2 aromatic carbocycles.